The number of amides is 1. The van der Waals surface area contributed by atoms with Crippen LogP contribution < -0.4 is 5.32 Å². The van der Waals surface area contributed by atoms with Crippen LogP contribution in [0.1, 0.15) is 0 Å². The molecule has 0 radical (unpaired) electrons. The third-order valence-electron chi connectivity index (χ3n) is 1.36. The maximum atomic E-state index is 12.8. The first-order valence-corrected chi connectivity index (χ1v) is 3.45. The SMILES string of the molecule is O=CC(=O)Nc1c(F)cc(F)cc1F. The molecule has 1 aromatic rings. The molecule has 0 heterocycles. The Morgan fingerprint density at radius 3 is 2.14 bits per heavy atom. The van der Waals surface area contributed by atoms with Gasteiger partial charge in [0, 0.05) is 12.1 Å². The van der Waals surface area contributed by atoms with Gasteiger partial charge < -0.3 is 5.32 Å². The molecule has 0 aromatic heterocycles. The Kier molecular flexibility index (Phi) is 2.85. The van der Waals surface area contributed by atoms with Crippen LogP contribution in [0.5, 0.6) is 0 Å². The van der Waals surface area contributed by atoms with E-state index in [1.54, 1.807) is 5.32 Å². The summed E-state index contributed by atoms with van der Waals surface area (Å²) >= 11 is 0. The number of halogens is 3. The molecule has 0 aliphatic rings. The predicted octanol–water partition coefficient (Wildman–Crippen LogP) is 1.24. The van der Waals surface area contributed by atoms with E-state index in [4.69, 9.17) is 0 Å². The highest BCUT2D eigenvalue weighted by Crippen LogP contribution is 2.19. The lowest BCUT2D eigenvalue weighted by Crippen LogP contribution is -2.14. The van der Waals surface area contributed by atoms with E-state index in [9.17, 15) is 22.8 Å². The monoisotopic (exact) mass is 203 g/mol. The maximum Gasteiger partial charge on any atom is 0.288 e. The molecule has 14 heavy (non-hydrogen) atoms. The Balaban J connectivity index is 3.08. The molecule has 1 amide bonds. The summed E-state index contributed by atoms with van der Waals surface area (Å²) in [6, 6.07) is 0.785. The van der Waals surface area contributed by atoms with Crippen molar-refractivity contribution in [3.63, 3.8) is 0 Å². The summed E-state index contributed by atoms with van der Waals surface area (Å²) in [4.78, 5) is 20.3. The van der Waals surface area contributed by atoms with Crippen molar-refractivity contribution in [2.24, 2.45) is 0 Å². The summed E-state index contributed by atoms with van der Waals surface area (Å²) in [6.45, 7) is 0. The van der Waals surface area contributed by atoms with Crippen LogP contribution in [0.4, 0.5) is 18.9 Å². The number of hydrogen-bond acceptors (Lipinski definition) is 2. The predicted molar refractivity (Wildman–Crippen MR) is 41.0 cm³/mol. The van der Waals surface area contributed by atoms with Crippen molar-refractivity contribution in [3.8, 4) is 0 Å². The molecule has 1 aromatic carbocycles. The van der Waals surface area contributed by atoms with Crippen LogP contribution in [0.15, 0.2) is 12.1 Å². The van der Waals surface area contributed by atoms with Crippen LogP contribution in [0.25, 0.3) is 0 Å². The van der Waals surface area contributed by atoms with Crippen LogP contribution in [-0.2, 0) is 9.59 Å². The van der Waals surface area contributed by atoms with E-state index in [1.807, 2.05) is 0 Å². The van der Waals surface area contributed by atoms with Crippen molar-refractivity contribution in [3.05, 3.63) is 29.6 Å². The number of nitrogens with one attached hydrogen (secondary N) is 1. The fourth-order valence-electron chi connectivity index (χ4n) is 0.814. The van der Waals surface area contributed by atoms with E-state index in [2.05, 4.69) is 0 Å². The maximum absolute atomic E-state index is 12.8. The lowest BCUT2D eigenvalue weighted by Gasteiger charge is -2.04. The van der Waals surface area contributed by atoms with Crippen LogP contribution in [0, 0.1) is 17.5 Å². The van der Waals surface area contributed by atoms with Crippen LogP contribution in [0.2, 0.25) is 0 Å². The normalized spacial score (nSPS) is 9.64. The van der Waals surface area contributed by atoms with E-state index in [0.717, 1.165) is 0 Å². The number of rotatable bonds is 2. The van der Waals surface area contributed by atoms with Gasteiger partial charge in [0.1, 0.15) is 11.5 Å². The van der Waals surface area contributed by atoms with Crippen molar-refractivity contribution in [2.75, 3.05) is 5.32 Å². The molecule has 1 rings (SSSR count). The molecule has 0 aliphatic carbocycles. The molecule has 0 bridgehead atoms. The minimum absolute atomic E-state index is 0.151. The van der Waals surface area contributed by atoms with Gasteiger partial charge in [-0.05, 0) is 0 Å². The molecule has 0 spiro atoms. The number of anilines is 1. The zero-order valence-electron chi connectivity index (χ0n) is 6.68. The molecule has 1 N–H and O–H groups in total. The summed E-state index contributed by atoms with van der Waals surface area (Å²) in [6.07, 6.45) is -0.151. The first kappa shape index (κ1) is 10.2. The fraction of sp³-hybridized carbons (Fsp3) is 0. The molecule has 0 aliphatic heterocycles. The van der Waals surface area contributed by atoms with Crippen LogP contribution in [-0.4, -0.2) is 12.2 Å². The molecule has 6 heteroatoms. The van der Waals surface area contributed by atoms with Crippen LogP contribution in [0.3, 0.4) is 0 Å². The molecule has 0 fully saturated rings. The Morgan fingerprint density at radius 2 is 1.71 bits per heavy atom. The third kappa shape index (κ3) is 2.09. The van der Waals surface area contributed by atoms with E-state index < -0.39 is 29.0 Å². The minimum Gasteiger partial charge on any atom is -0.315 e. The molecule has 74 valence electrons. The molecular formula is C8H4F3NO2. The molecule has 0 saturated heterocycles. The second kappa shape index (κ2) is 3.91. The summed E-state index contributed by atoms with van der Waals surface area (Å²) < 4.78 is 38.0. The number of aldehydes is 1. The van der Waals surface area contributed by atoms with E-state index >= 15 is 0 Å². The van der Waals surface area contributed by atoms with Gasteiger partial charge in [0.15, 0.2) is 11.6 Å². The molecule has 3 nitrogen and oxygen atoms in total. The van der Waals surface area contributed by atoms with Crippen molar-refractivity contribution in [1.29, 1.82) is 0 Å². The van der Waals surface area contributed by atoms with Gasteiger partial charge in [-0.2, -0.15) is 0 Å². The Bertz CT molecular complexity index is 369. The standard InChI is InChI=1S/C8H4F3NO2/c9-4-1-5(10)8(6(11)2-4)12-7(14)3-13/h1-3H,(H,12,14). The zero-order valence-corrected chi connectivity index (χ0v) is 6.68. The Labute approximate surface area is 76.5 Å². The number of carbonyl (C=O) groups excluding carboxylic acids is 2. The lowest BCUT2D eigenvalue weighted by molar-refractivity contribution is -0.127. The third-order valence-corrected chi connectivity index (χ3v) is 1.36. The second-order valence-electron chi connectivity index (χ2n) is 2.35. The Hall–Kier alpha value is -1.85. The first-order valence-electron chi connectivity index (χ1n) is 3.45. The van der Waals surface area contributed by atoms with E-state index in [0.29, 0.717) is 12.1 Å². The summed E-state index contributed by atoms with van der Waals surface area (Å²) in [5.74, 6) is -4.88. The van der Waals surface area contributed by atoms with Crippen LogP contribution >= 0.6 is 0 Å². The van der Waals surface area contributed by atoms with E-state index in [1.165, 1.54) is 0 Å². The number of benzene rings is 1. The average Bonchev–Trinajstić information content (AvgIpc) is 2.10. The highest BCUT2D eigenvalue weighted by Gasteiger charge is 2.13. The second-order valence-corrected chi connectivity index (χ2v) is 2.35. The van der Waals surface area contributed by atoms with Crippen molar-refractivity contribution in [1.82, 2.24) is 0 Å². The fourth-order valence-corrected chi connectivity index (χ4v) is 0.814. The smallest absolute Gasteiger partial charge is 0.288 e. The van der Waals surface area contributed by atoms with Gasteiger partial charge in [0.2, 0.25) is 6.29 Å². The van der Waals surface area contributed by atoms with Gasteiger partial charge >= 0.3 is 0 Å². The topological polar surface area (TPSA) is 46.2 Å². The van der Waals surface area contributed by atoms with Gasteiger partial charge in [0.05, 0.1) is 0 Å². The first-order chi connectivity index (χ1) is 6.54. The van der Waals surface area contributed by atoms with Gasteiger partial charge in [-0.1, -0.05) is 0 Å². The minimum atomic E-state index is -1.28. The highest BCUT2D eigenvalue weighted by atomic mass is 19.1. The number of carbonyl (C=O) groups is 2. The highest BCUT2D eigenvalue weighted by molar-refractivity contribution is 6.29. The summed E-state index contributed by atoms with van der Waals surface area (Å²) in [5.41, 5.74) is -0.844. The Morgan fingerprint density at radius 1 is 1.21 bits per heavy atom. The molecule has 0 saturated carbocycles. The number of hydrogen-bond donors (Lipinski definition) is 1. The van der Waals surface area contributed by atoms with Gasteiger partial charge in [-0.3, -0.25) is 9.59 Å². The van der Waals surface area contributed by atoms with Crippen molar-refractivity contribution in [2.45, 2.75) is 0 Å². The molecule has 0 unspecified atom stereocenters. The average molecular weight is 203 g/mol. The molecule has 0 atom stereocenters. The lowest BCUT2D eigenvalue weighted by atomic mass is 10.3. The zero-order chi connectivity index (χ0) is 10.7. The van der Waals surface area contributed by atoms with Gasteiger partial charge in [-0.15, -0.1) is 0 Å². The van der Waals surface area contributed by atoms with Crippen molar-refractivity contribution < 1.29 is 22.8 Å². The molecular weight excluding hydrogens is 199 g/mol. The van der Waals surface area contributed by atoms with E-state index in [-0.39, 0.29) is 6.29 Å². The summed E-state index contributed by atoms with van der Waals surface area (Å²) in [7, 11) is 0. The quantitative estimate of drug-likeness (QED) is 0.580. The van der Waals surface area contributed by atoms with Crippen molar-refractivity contribution >= 4 is 17.9 Å². The largest absolute Gasteiger partial charge is 0.315 e. The van der Waals surface area contributed by atoms with Gasteiger partial charge in [0.25, 0.3) is 5.91 Å². The summed E-state index contributed by atoms with van der Waals surface area (Å²) in [5, 5.41) is 1.63. The van der Waals surface area contributed by atoms with Gasteiger partial charge in [-0.25, -0.2) is 13.2 Å².